The second-order valence-corrected chi connectivity index (χ2v) is 6.66. The maximum Gasteiger partial charge on any atom is 0.400 e. The summed E-state index contributed by atoms with van der Waals surface area (Å²) >= 11 is 0. The maximum absolute atomic E-state index is 11.8. The highest BCUT2D eigenvalue weighted by Gasteiger charge is 2.33. The minimum atomic E-state index is -3.92. The van der Waals surface area contributed by atoms with E-state index in [1.807, 2.05) is 60.7 Å². The van der Waals surface area contributed by atoms with E-state index in [1.54, 1.807) is 0 Å². The Morgan fingerprint density at radius 2 is 1.18 bits per heavy atom. The summed E-state index contributed by atoms with van der Waals surface area (Å²) in [6.45, 7) is 0. The average Bonchev–Trinajstić information content (AvgIpc) is 2.47. The molecule has 2 aromatic carbocycles. The van der Waals surface area contributed by atoms with Gasteiger partial charge < -0.3 is 0 Å². The highest BCUT2D eigenvalue weighted by Crippen LogP contribution is 2.25. The summed E-state index contributed by atoms with van der Waals surface area (Å²) in [6.07, 6.45) is 0.927. The zero-order valence-corrected chi connectivity index (χ0v) is 12.9. The van der Waals surface area contributed by atoms with Crippen molar-refractivity contribution >= 4 is 10.4 Å². The molecule has 0 aliphatic carbocycles. The van der Waals surface area contributed by atoms with Crippen molar-refractivity contribution in [1.82, 2.24) is 0 Å². The fraction of sp³-hybridized carbons (Fsp3) is 0.294. The summed E-state index contributed by atoms with van der Waals surface area (Å²) in [6, 6.07) is 19.5. The molecule has 2 atom stereocenters. The molecule has 1 aliphatic heterocycles. The van der Waals surface area contributed by atoms with Gasteiger partial charge in [-0.15, -0.1) is 0 Å². The average molecular weight is 318 g/mol. The zero-order chi connectivity index (χ0) is 15.4. The quantitative estimate of drug-likeness (QED) is 0.870. The summed E-state index contributed by atoms with van der Waals surface area (Å²) in [5, 5.41) is 0. The highest BCUT2D eigenvalue weighted by atomic mass is 32.3. The van der Waals surface area contributed by atoms with Crippen molar-refractivity contribution in [2.75, 3.05) is 0 Å². The van der Waals surface area contributed by atoms with Gasteiger partial charge in [0.05, 0.1) is 12.2 Å². The second-order valence-electron chi connectivity index (χ2n) is 5.46. The number of rotatable bonds is 4. The summed E-state index contributed by atoms with van der Waals surface area (Å²) in [5.74, 6) is 0. The first kappa shape index (κ1) is 15.2. The lowest BCUT2D eigenvalue weighted by molar-refractivity contribution is 0.0415. The van der Waals surface area contributed by atoms with Crippen molar-refractivity contribution in [3.63, 3.8) is 0 Å². The molecule has 2 unspecified atom stereocenters. The molecular weight excluding hydrogens is 300 g/mol. The topological polar surface area (TPSA) is 52.6 Å². The molecule has 22 heavy (non-hydrogen) atoms. The molecule has 116 valence electrons. The molecule has 0 N–H and O–H groups in total. The summed E-state index contributed by atoms with van der Waals surface area (Å²) in [5.41, 5.74) is 2.12. The van der Waals surface area contributed by atoms with Crippen LogP contribution in [-0.2, 0) is 31.6 Å². The van der Waals surface area contributed by atoms with Gasteiger partial charge in [0, 0.05) is 19.3 Å². The molecule has 0 spiro atoms. The summed E-state index contributed by atoms with van der Waals surface area (Å²) in [4.78, 5) is 0. The molecule has 0 aromatic heterocycles. The van der Waals surface area contributed by atoms with Gasteiger partial charge in [-0.3, -0.25) is 0 Å². The molecule has 0 bridgehead atoms. The minimum Gasteiger partial charge on any atom is -0.244 e. The highest BCUT2D eigenvalue weighted by molar-refractivity contribution is 7.81. The lowest BCUT2D eigenvalue weighted by Crippen LogP contribution is -2.37. The van der Waals surface area contributed by atoms with Gasteiger partial charge in [0.2, 0.25) is 0 Å². The van der Waals surface area contributed by atoms with Crippen LogP contribution in [0.15, 0.2) is 60.7 Å². The van der Waals surface area contributed by atoms with E-state index in [0.717, 1.165) is 11.1 Å². The van der Waals surface area contributed by atoms with Gasteiger partial charge in [-0.2, -0.15) is 8.42 Å². The number of benzene rings is 2. The van der Waals surface area contributed by atoms with Crippen LogP contribution >= 0.6 is 0 Å². The molecule has 1 heterocycles. The first-order chi connectivity index (χ1) is 10.6. The van der Waals surface area contributed by atoms with Gasteiger partial charge in [0.25, 0.3) is 0 Å². The Kier molecular flexibility index (Phi) is 4.57. The van der Waals surface area contributed by atoms with E-state index in [1.165, 1.54) is 0 Å². The fourth-order valence-corrected chi connectivity index (χ4v) is 3.72. The minimum absolute atomic E-state index is 0.380. The molecule has 1 fully saturated rings. The molecule has 2 aromatic rings. The van der Waals surface area contributed by atoms with Crippen molar-refractivity contribution in [2.45, 2.75) is 31.5 Å². The standard InChI is InChI=1S/C17H18O4S/c18-22(19)20-16(11-14-7-3-1-4-8-14)13-17(21-22)12-15-9-5-2-6-10-15/h1-10,16-17H,11-13H2. The fourth-order valence-electron chi connectivity index (χ4n) is 2.72. The Labute approximate surface area is 131 Å². The second kappa shape index (κ2) is 6.60. The lowest BCUT2D eigenvalue weighted by atomic mass is 9.99. The van der Waals surface area contributed by atoms with Crippen LogP contribution in [0.4, 0.5) is 0 Å². The first-order valence-electron chi connectivity index (χ1n) is 7.30. The van der Waals surface area contributed by atoms with E-state index in [4.69, 9.17) is 8.37 Å². The lowest BCUT2D eigenvalue weighted by Gasteiger charge is -2.28. The van der Waals surface area contributed by atoms with Crippen LogP contribution in [0.25, 0.3) is 0 Å². The van der Waals surface area contributed by atoms with E-state index in [2.05, 4.69) is 0 Å². The normalized spacial score (nSPS) is 24.0. The SMILES string of the molecule is O=S1(=O)OC(Cc2ccccc2)CC(Cc2ccccc2)O1. The van der Waals surface area contributed by atoms with Crippen molar-refractivity contribution in [3.05, 3.63) is 71.8 Å². The van der Waals surface area contributed by atoms with Gasteiger partial charge in [0.1, 0.15) is 0 Å². The van der Waals surface area contributed by atoms with Crippen LogP contribution in [0.2, 0.25) is 0 Å². The monoisotopic (exact) mass is 318 g/mol. The van der Waals surface area contributed by atoms with E-state index in [9.17, 15) is 8.42 Å². The third kappa shape index (κ3) is 4.16. The van der Waals surface area contributed by atoms with Gasteiger partial charge >= 0.3 is 10.4 Å². The molecule has 3 rings (SSSR count). The molecule has 1 saturated heterocycles. The maximum atomic E-state index is 11.8. The predicted octanol–water partition coefficient (Wildman–Crippen LogP) is 2.89. The molecule has 0 saturated carbocycles. The van der Waals surface area contributed by atoms with Crippen molar-refractivity contribution in [1.29, 1.82) is 0 Å². The van der Waals surface area contributed by atoms with Crippen LogP contribution in [0, 0.1) is 0 Å². The van der Waals surface area contributed by atoms with Crippen LogP contribution < -0.4 is 0 Å². The molecule has 1 aliphatic rings. The van der Waals surface area contributed by atoms with Crippen LogP contribution in [0.1, 0.15) is 17.5 Å². The molecule has 4 nitrogen and oxygen atoms in total. The van der Waals surface area contributed by atoms with Crippen molar-refractivity contribution < 1.29 is 16.8 Å². The largest absolute Gasteiger partial charge is 0.400 e. The third-order valence-corrected chi connectivity index (χ3v) is 4.66. The van der Waals surface area contributed by atoms with Gasteiger partial charge in [0.15, 0.2) is 0 Å². The molecule has 0 amide bonds. The van der Waals surface area contributed by atoms with Crippen LogP contribution in [0.3, 0.4) is 0 Å². The Morgan fingerprint density at radius 1 is 0.773 bits per heavy atom. The van der Waals surface area contributed by atoms with Crippen molar-refractivity contribution in [2.24, 2.45) is 0 Å². The zero-order valence-electron chi connectivity index (χ0n) is 12.1. The van der Waals surface area contributed by atoms with E-state index in [-0.39, 0.29) is 12.2 Å². The number of hydrogen-bond donors (Lipinski definition) is 0. The van der Waals surface area contributed by atoms with Crippen molar-refractivity contribution in [3.8, 4) is 0 Å². The van der Waals surface area contributed by atoms with Crippen LogP contribution in [0.5, 0.6) is 0 Å². The smallest absolute Gasteiger partial charge is 0.244 e. The van der Waals surface area contributed by atoms with Gasteiger partial charge in [-0.05, 0) is 11.1 Å². The summed E-state index contributed by atoms with van der Waals surface area (Å²) < 4.78 is 33.8. The Morgan fingerprint density at radius 3 is 1.59 bits per heavy atom. The van der Waals surface area contributed by atoms with Gasteiger partial charge in [-0.25, -0.2) is 8.37 Å². The first-order valence-corrected chi connectivity index (χ1v) is 8.63. The molecule has 5 heteroatoms. The Bertz CT molecular complexity index is 642. The Hall–Kier alpha value is -1.69. The number of hydrogen-bond acceptors (Lipinski definition) is 4. The Balaban J connectivity index is 1.70. The van der Waals surface area contributed by atoms with E-state index in [0.29, 0.717) is 19.3 Å². The molecular formula is C17H18O4S. The van der Waals surface area contributed by atoms with Crippen LogP contribution in [-0.4, -0.2) is 20.6 Å². The molecule has 0 radical (unpaired) electrons. The van der Waals surface area contributed by atoms with E-state index >= 15 is 0 Å². The van der Waals surface area contributed by atoms with E-state index < -0.39 is 10.4 Å². The predicted molar refractivity (Wildman–Crippen MR) is 83.6 cm³/mol. The third-order valence-electron chi connectivity index (χ3n) is 3.65. The van der Waals surface area contributed by atoms with Gasteiger partial charge in [-0.1, -0.05) is 60.7 Å². The summed E-state index contributed by atoms with van der Waals surface area (Å²) in [7, 11) is -3.92.